The number of oxime groups is 1. The topological polar surface area (TPSA) is 99.2 Å². The summed E-state index contributed by atoms with van der Waals surface area (Å²) in [6, 6.07) is 9.14. The molecule has 1 rings (SSSR count). The zero-order chi connectivity index (χ0) is 13.8. The Morgan fingerprint density at radius 2 is 1.94 bits per heavy atom. The van der Waals surface area contributed by atoms with Crippen LogP contribution < -0.4 is 5.73 Å². The first-order chi connectivity index (χ1) is 8.39. The van der Waals surface area contributed by atoms with Gasteiger partial charge < -0.3 is 16.0 Å². The first kappa shape index (κ1) is 13.8. The number of amides is 1. The van der Waals surface area contributed by atoms with Gasteiger partial charge in [0.1, 0.15) is 5.54 Å². The highest BCUT2D eigenvalue weighted by Gasteiger charge is 2.35. The zero-order valence-corrected chi connectivity index (χ0v) is 10.4. The highest BCUT2D eigenvalue weighted by Crippen LogP contribution is 2.18. The van der Waals surface area contributed by atoms with Crippen molar-refractivity contribution >= 4 is 11.9 Å². The molecule has 0 atom stereocenters. The van der Waals surface area contributed by atoms with Crippen molar-refractivity contribution < 1.29 is 15.1 Å². The third-order valence-corrected chi connectivity index (χ3v) is 2.82. The Bertz CT molecular complexity index is 443. The van der Waals surface area contributed by atoms with Crippen molar-refractivity contribution in [3.63, 3.8) is 0 Å². The van der Waals surface area contributed by atoms with E-state index in [1.807, 2.05) is 30.3 Å². The van der Waals surface area contributed by atoms with Crippen LogP contribution in [0.5, 0.6) is 0 Å². The Hall–Kier alpha value is -2.24. The quantitative estimate of drug-likeness (QED) is 0.328. The Morgan fingerprint density at radius 3 is 2.39 bits per heavy atom. The van der Waals surface area contributed by atoms with E-state index in [-0.39, 0.29) is 12.4 Å². The van der Waals surface area contributed by atoms with Crippen molar-refractivity contribution in [2.75, 3.05) is 0 Å². The molecule has 6 heteroatoms. The van der Waals surface area contributed by atoms with Crippen LogP contribution in [-0.2, 0) is 6.54 Å². The lowest BCUT2D eigenvalue weighted by Crippen LogP contribution is -2.55. The summed E-state index contributed by atoms with van der Waals surface area (Å²) in [5, 5.41) is 20.9. The van der Waals surface area contributed by atoms with Crippen LogP contribution in [0.15, 0.2) is 35.5 Å². The number of rotatable bonds is 4. The third-order valence-electron chi connectivity index (χ3n) is 2.82. The summed E-state index contributed by atoms with van der Waals surface area (Å²) in [6.07, 6.45) is -1.13. The average molecular weight is 251 g/mol. The zero-order valence-electron chi connectivity index (χ0n) is 10.4. The van der Waals surface area contributed by atoms with E-state index in [2.05, 4.69) is 5.16 Å². The number of nitrogens with two attached hydrogens (primary N) is 1. The summed E-state index contributed by atoms with van der Waals surface area (Å²) in [4.78, 5) is 12.4. The lowest BCUT2D eigenvalue weighted by Gasteiger charge is -2.35. The van der Waals surface area contributed by atoms with Crippen molar-refractivity contribution in [2.45, 2.75) is 25.9 Å². The molecule has 0 aromatic heterocycles. The predicted octanol–water partition coefficient (Wildman–Crippen LogP) is 1.69. The molecule has 0 aliphatic rings. The molecule has 0 unspecified atom stereocenters. The van der Waals surface area contributed by atoms with Crippen LogP contribution in [0.2, 0.25) is 0 Å². The number of benzene rings is 1. The van der Waals surface area contributed by atoms with Gasteiger partial charge in [0.25, 0.3) is 0 Å². The molecule has 0 heterocycles. The minimum absolute atomic E-state index is 0.152. The predicted molar refractivity (Wildman–Crippen MR) is 67.5 cm³/mol. The summed E-state index contributed by atoms with van der Waals surface area (Å²) in [5.41, 5.74) is 5.28. The van der Waals surface area contributed by atoms with Gasteiger partial charge in [-0.2, -0.15) is 0 Å². The van der Waals surface area contributed by atoms with E-state index in [9.17, 15) is 9.90 Å². The summed E-state index contributed by atoms with van der Waals surface area (Å²) in [5.74, 6) is -0.152. The molecule has 98 valence electrons. The highest BCUT2D eigenvalue weighted by molar-refractivity contribution is 5.91. The second kappa shape index (κ2) is 5.39. The van der Waals surface area contributed by atoms with Crippen LogP contribution in [0.1, 0.15) is 19.4 Å². The maximum absolute atomic E-state index is 11.3. The van der Waals surface area contributed by atoms with E-state index < -0.39 is 11.6 Å². The van der Waals surface area contributed by atoms with Crippen LogP contribution >= 0.6 is 0 Å². The van der Waals surface area contributed by atoms with Crippen molar-refractivity contribution in [1.82, 2.24) is 4.90 Å². The lowest BCUT2D eigenvalue weighted by molar-refractivity contribution is 0.111. The highest BCUT2D eigenvalue weighted by atomic mass is 16.4. The Balaban J connectivity index is 3.01. The fourth-order valence-electron chi connectivity index (χ4n) is 1.53. The van der Waals surface area contributed by atoms with Crippen molar-refractivity contribution in [2.24, 2.45) is 10.9 Å². The number of amidine groups is 1. The van der Waals surface area contributed by atoms with Gasteiger partial charge in [-0.25, -0.2) is 4.79 Å². The van der Waals surface area contributed by atoms with Crippen LogP contribution in [0.25, 0.3) is 0 Å². The van der Waals surface area contributed by atoms with Gasteiger partial charge in [-0.3, -0.25) is 4.90 Å². The molecular weight excluding hydrogens is 234 g/mol. The Labute approximate surface area is 105 Å². The summed E-state index contributed by atoms with van der Waals surface area (Å²) in [6.45, 7) is 3.33. The number of carbonyl (C=O) groups is 1. The van der Waals surface area contributed by atoms with Gasteiger partial charge in [0.15, 0.2) is 5.84 Å². The van der Waals surface area contributed by atoms with Gasteiger partial charge in [0.05, 0.1) is 6.54 Å². The van der Waals surface area contributed by atoms with Gasteiger partial charge in [0, 0.05) is 0 Å². The van der Waals surface area contributed by atoms with Crippen molar-refractivity contribution in [1.29, 1.82) is 0 Å². The summed E-state index contributed by atoms with van der Waals surface area (Å²) in [7, 11) is 0. The molecule has 0 aliphatic heterocycles. The molecule has 1 amide bonds. The van der Waals surface area contributed by atoms with Gasteiger partial charge in [0.2, 0.25) is 0 Å². The molecule has 6 nitrogen and oxygen atoms in total. The first-order valence-electron chi connectivity index (χ1n) is 5.42. The fraction of sp³-hybridized carbons (Fsp3) is 0.333. The van der Waals surface area contributed by atoms with Crippen LogP contribution in [0.4, 0.5) is 4.79 Å². The van der Waals surface area contributed by atoms with E-state index in [1.54, 1.807) is 13.8 Å². The largest absolute Gasteiger partial charge is 0.465 e. The van der Waals surface area contributed by atoms with E-state index in [0.29, 0.717) is 0 Å². The molecule has 0 radical (unpaired) electrons. The van der Waals surface area contributed by atoms with Gasteiger partial charge in [-0.15, -0.1) is 0 Å². The molecule has 4 N–H and O–H groups in total. The molecule has 0 spiro atoms. The SMILES string of the molecule is CC(C)(/C(N)=N/O)N(Cc1ccccc1)C(=O)O. The molecule has 0 saturated heterocycles. The van der Waals surface area contributed by atoms with Crippen molar-refractivity contribution in [3.8, 4) is 0 Å². The van der Waals surface area contributed by atoms with Crippen molar-refractivity contribution in [3.05, 3.63) is 35.9 Å². The van der Waals surface area contributed by atoms with Crippen LogP contribution in [0.3, 0.4) is 0 Å². The first-order valence-corrected chi connectivity index (χ1v) is 5.42. The summed E-state index contributed by atoms with van der Waals surface area (Å²) >= 11 is 0. The van der Waals surface area contributed by atoms with Gasteiger partial charge in [-0.1, -0.05) is 35.5 Å². The molecule has 18 heavy (non-hydrogen) atoms. The number of nitrogens with zero attached hydrogens (tertiary/aromatic N) is 2. The van der Waals surface area contributed by atoms with E-state index in [1.165, 1.54) is 0 Å². The molecule has 1 aromatic carbocycles. The minimum Gasteiger partial charge on any atom is -0.465 e. The number of carboxylic acid groups (broad SMARTS) is 1. The number of hydrogen-bond donors (Lipinski definition) is 3. The van der Waals surface area contributed by atoms with E-state index >= 15 is 0 Å². The fourth-order valence-corrected chi connectivity index (χ4v) is 1.53. The molecule has 1 aromatic rings. The van der Waals surface area contributed by atoms with E-state index in [4.69, 9.17) is 10.9 Å². The molecule has 0 saturated carbocycles. The second-order valence-corrected chi connectivity index (χ2v) is 4.40. The minimum atomic E-state index is -1.13. The smallest absolute Gasteiger partial charge is 0.408 e. The summed E-state index contributed by atoms with van der Waals surface area (Å²) < 4.78 is 0. The van der Waals surface area contributed by atoms with E-state index in [0.717, 1.165) is 10.5 Å². The maximum atomic E-state index is 11.3. The molecule has 0 aliphatic carbocycles. The average Bonchev–Trinajstić information content (AvgIpc) is 2.35. The normalized spacial score (nSPS) is 12.2. The second-order valence-electron chi connectivity index (χ2n) is 4.40. The molecule has 0 bridgehead atoms. The number of hydrogen-bond acceptors (Lipinski definition) is 3. The lowest BCUT2D eigenvalue weighted by atomic mass is 10.0. The monoisotopic (exact) mass is 251 g/mol. The van der Waals surface area contributed by atoms with Crippen LogP contribution in [-0.4, -0.2) is 32.7 Å². The van der Waals surface area contributed by atoms with Gasteiger partial charge in [-0.05, 0) is 19.4 Å². The standard InChI is InChI=1S/C12H17N3O3/c1-12(2,10(13)14-18)15(11(16)17)8-9-6-4-3-5-7-9/h3-7,18H,8H2,1-2H3,(H2,13,14)(H,16,17). The maximum Gasteiger partial charge on any atom is 0.408 e. The molecule has 0 fully saturated rings. The third kappa shape index (κ3) is 2.91. The molecular formula is C12H17N3O3. The van der Waals surface area contributed by atoms with Crippen LogP contribution in [0, 0.1) is 0 Å². The van der Waals surface area contributed by atoms with Gasteiger partial charge >= 0.3 is 6.09 Å². The Morgan fingerprint density at radius 1 is 1.39 bits per heavy atom. The Kier molecular flexibility index (Phi) is 4.14.